The maximum Gasteiger partial charge on any atom is 0.357 e. The summed E-state index contributed by atoms with van der Waals surface area (Å²) >= 11 is 0. The molecule has 0 aromatic carbocycles. The molecule has 2 rings (SSSR count). The third kappa shape index (κ3) is 2.93. The first kappa shape index (κ1) is 15.1. The number of hydrogen-bond acceptors (Lipinski definition) is 5. The molecule has 8 nitrogen and oxygen atoms in total. The number of carbonyl (C=O) groups is 1. The van der Waals surface area contributed by atoms with Crippen molar-refractivity contribution < 1.29 is 18.3 Å². The molecule has 0 radical (unpaired) electrons. The molecule has 2 heterocycles. The lowest BCUT2D eigenvalue weighted by Crippen LogP contribution is -2.28. The fourth-order valence-corrected chi connectivity index (χ4v) is 3.31. The van der Waals surface area contributed by atoms with Crippen LogP contribution in [0.1, 0.15) is 21.7 Å². The van der Waals surface area contributed by atoms with Gasteiger partial charge in [-0.15, -0.1) is 0 Å². The van der Waals surface area contributed by atoms with E-state index in [1.165, 1.54) is 14.0 Å². The summed E-state index contributed by atoms with van der Waals surface area (Å²) in [6.07, 6.45) is 3.11. The van der Waals surface area contributed by atoms with E-state index in [2.05, 4.69) is 15.2 Å². The van der Waals surface area contributed by atoms with Crippen LogP contribution in [0, 0.1) is 6.92 Å². The second-order valence-corrected chi connectivity index (χ2v) is 6.43. The predicted molar refractivity (Wildman–Crippen MR) is 73.2 cm³/mol. The van der Waals surface area contributed by atoms with Crippen LogP contribution in [0.15, 0.2) is 29.4 Å². The highest BCUT2D eigenvalue weighted by Crippen LogP contribution is 2.22. The van der Waals surface area contributed by atoms with Crippen molar-refractivity contribution in [2.75, 3.05) is 7.05 Å². The SMILES string of the molecule is Cc1[nH]nc(C(=O)O)c1S(=O)(=O)N(C)Cc1ccncc1. The minimum Gasteiger partial charge on any atom is -0.476 e. The van der Waals surface area contributed by atoms with Gasteiger partial charge in [-0.2, -0.15) is 9.40 Å². The molecule has 2 N–H and O–H groups in total. The summed E-state index contributed by atoms with van der Waals surface area (Å²) < 4.78 is 26.1. The first-order valence-corrected chi connectivity index (χ1v) is 7.41. The zero-order valence-corrected chi connectivity index (χ0v) is 12.3. The molecule has 0 unspecified atom stereocenters. The Morgan fingerprint density at radius 2 is 2.00 bits per heavy atom. The normalized spacial score (nSPS) is 11.8. The van der Waals surface area contributed by atoms with Gasteiger partial charge in [0.2, 0.25) is 10.0 Å². The fraction of sp³-hybridized carbons (Fsp3) is 0.250. The standard InChI is InChI=1S/C12H14N4O4S/c1-8-11(10(12(17)18)15-14-8)21(19,20)16(2)7-9-3-5-13-6-4-9/h3-6H,7H2,1-2H3,(H,14,15)(H,17,18). The lowest BCUT2D eigenvalue weighted by atomic mass is 10.3. The molecule has 9 heteroatoms. The molecule has 112 valence electrons. The molecular weight excluding hydrogens is 296 g/mol. The Labute approximate surface area is 121 Å². The lowest BCUT2D eigenvalue weighted by Gasteiger charge is -2.17. The molecule has 0 aliphatic heterocycles. The van der Waals surface area contributed by atoms with Gasteiger partial charge in [0.15, 0.2) is 5.69 Å². The predicted octanol–water partition coefficient (Wildman–Crippen LogP) is 0.632. The minimum absolute atomic E-state index is 0.106. The zero-order valence-electron chi connectivity index (χ0n) is 11.4. The Bertz CT molecular complexity index is 755. The average molecular weight is 310 g/mol. The highest BCUT2D eigenvalue weighted by Gasteiger charge is 2.31. The number of aromatic nitrogens is 3. The monoisotopic (exact) mass is 310 g/mol. The van der Waals surface area contributed by atoms with Gasteiger partial charge in [-0.3, -0.25) is 10.1 Å². The van der Waals surface area contributed by atoms with E-state index in [-0.39, 0.29) is 17.1 Å². The number of carboxylic acids is 1. The van der Waals surface area contributed by atoms with Gasteiger partial charge in [0.05, 0.1) is 5.69 Å². The Morgan fingerprint density at radius 3 is 2.57 bits per heavy atom. The van der Waals surface area contributed by atoms with Crippen LogP contribution in [0.3, 0.4) is 0 Å². The van der Waals surface area contributed by atoms with Gasteiger partial charge >= 0.3 is 5.97 Å². The smallest absolute Gasteiger partial charge is 0.357 e. The van der Waals surface area contributed by atoms with Crippen molar-refractivity contribution in [2.45, 2.75) is 18.4 Å². The van der Waals surface area contributed by atoms with Crippen LogP contribution in [-0.2, 0) is 16.6 Å². The molecular formula is C12H14N4O4S. The number of aromatic amines is 1. The number of sulfonamides is 1. The average Bonchev–Trinajstić information content (AvgIpc) is 2.82. The van der Waals surface area contributed by atoms with Crippen LogP contribution < -0.4 is 0 Å². The van der Waals surface area contributed by atoms with Gasteiger partial charge in [0, 0.05) is 26.0 Å². The largest absolute Gasteiger partial charge is 0.476 e. The molecule has 0 aliphatic rings. The topological polar surface area (TPSA) is 116 Å². The molecule has 2 aromatic heterocycles. The van der Waals surface area contributed by atoms with E-state index in [4.69, 9.17) is 5.11 Å². The number of hydrogen-bond donors (Lipinski definition) is 2. The molecule has 0 aliphatic carbocycles. The molecule has 21 heavy (non-hydrogen) atoms. The fourth-order valence-electron chi connectivity index (χ4n) is 1.87. The Hall–Kier alpha value is -2.26. The minimum atomic E-state index is -3.96. The number of pyridine rings is 1. The van der Waals surface area contributed by atoms with E-state index in [0.29, 0.717) is 0 Å². The van der Waals surface area contributed by atoms with Gasteiger partial charge in [-0.25, -0.2) is 13.2 Å². The number of H-pyrrole nitrogens is 1. The summed E-state index contributed by atoms with van der Waals surface area (Å²) in [6, 6.07) is 3.37. The molecule has 0 fully saturated rings. The summed E-state index contributed by atoms with van der Waals surface area (Å²) in [5, 5.41) is 15.0. The van der Waals surface area contributed by atoms with Crippen LogP contribution in [0.5, 0.6) is 0 Å². The summed E-state index contributed by atoms with van der Waals surface area (Å²) in [4.78, 5) is 14.6. The molecule has 0 saturated heterocycles. The molecule has 2 aromatic rings. The van der Waals surface area contributed by atoms with Crippen molar-refractivity contribution >= 4 is 16.0 Å². The van der Waals surface area contributed by atoms with Crippen LogP contribution in [0.25, 0.3) is 0 Å². The Kier molecular flexibility index (Phi) is 4.05. The molecule has 0 bridgehead atoms. The van der Waals surface area contributed by atoms with Gasteiger partial charge in [0.1, 0.15) is 4.90 Å². The zero-order chi connectivity index (χ0) is 15.6. The van der Waals surface area contributed by atoms with Crippen LogP contribution in [-0.4, -0.2) is 46.0 Å². The third-order valence-corrected chi connectivity index (χ3v) is 4.88. The van der Waals surface area contributed by atoms with Crippen molar-refractivity contribution in [1.29, 1.82) is 0 Å². The molecule has 0 amide bonds. The summed E-state index contributed by atoms with van der Waals surface area (Å²) in [6.45, 7) is 1.57. The lowest BCUT2D eigenvalue weighted by molar-refractivity contribution is 0.0686. The summed E-state index contributed by atoms with van der Waals surface area (Å²) in [7, 11) is -2.58. The second-order valence-electron chi connectivity index (χ2n) is 4.45. The maximum absolute atomic E-state index is 12.5. The first-order valence-electron chi connectivity index (χ1n) is 5.97. The Morgan fingerprint density at radius 1 is 1.38 bits per heavy atom. The molecule has 0 saturated carbocycles. The van der Waals surface area contributed by atoms with Crippen LogP contribution >= 0.6 is 0 Å². The quantitative estimate of drug-likeness (QED) is 0.836. The van der Waals surface area contributed by atoms with Gasteiger partial charge < -0.3 is 5.11 Å². The molecule has 0 spiro atoms. The number of carboxylic acid groups (broad SMARTS) is 1. The maximum atomic E-state index is 12.5. The summed E-state index contributed by atoms with van der Waals surface area (Å²) in [5.41, 5.74) is 0.428. The van der Waals surface area contributed by atoms with E-state index in [1.54, 1.807) is 24.5 Å². The number of aryl methyl sites for hydroxylation is 1. The highest BCUT2D eigenvalue weighted by molar-refractivity contribution is 7.89. The van der Waals surface area contributed by atoms with Crippen molar-refractivity contribution in [3.63, 3.8) is 0 Å². The number of nitrogens with zero attached hydrogens (tertiary/aromatic N) is 3. The van der Waals surface area contributed by atoms with Crippen LogP contribution in [0.4, 0.5) is 0 Å². The van der Waals surface area contributed by atoms with Gasteiger partial charge in [0.25, 0.3) is 0 Å². The molecule has 0 atom stereocenters. The van der Waals surface area contributed by atoms with E-state index in [0.717, 1.165) is 9.87 Å². The number of rotatable bonds is 5. The van der Waals surface area contributed by atoms with E-state index >= 15 is 0 Å². The Balaban J connectivity index is 2.38. The van der Waals surface area contributed by atoms with Crippen molar-refractivity contribution in [3.8, 4) is 0 Å². The summed E-state index contributed by atoms with van der Waals surface area (Å²) in [5.74, 6) is -1.39. The number of aromatic carboxylic acids is 1. The van der Waals surface area contributed by atoms with Crippen LogP contribution in [0.2, 0.25) is 0 Å². The number of nitrogens with one attached hydrogen (secondary N) is 1. The second kappa shape index (κ2) is 5.62. The van der Waals surface area contributed by atoms with E-state index < -0.39 is 21.7 Å². The van der Waals surface area contributed by atoms with E-state index in [9.17, 15) is 13.2 Å². The van der Waals surface area contributed by atoms with Gasteiger partial charge in [-0.1, -0.05) is 0 Å². The highest BCUT2D eigenvalue weighted by atomic mass is 32.2. The van der Waals surface area contributed by atoms with Gasteiger partial charge in [-0.05, 0) is 24.6 Å². The third-order valence-electron chi connectivity index (χ3n) is 2.92. The first-order chi connectivity index (χ1) is 9.84. The van der Waals surface area contributed by atoms with E-state index in [1.807, 2.05) is 0 Å². The van der Waals surface area contributed by atoms with Crippen molar-refractivity contribution in [3.05, 3.63) is 41.5 Å². The van der Waals surface area contributed by atoms with Crippen molar-refractivity contribution in [1.82, 2.24) is 19.5 Å². The van der Waals surface area contributed by atoms with Crippen molar-refractivity contribution in [2.24, 2.45) is 0 Å².